The Hall–Kier alpha value is -3.45. The summed E-state index contributed by atoms with van der Waals surface area (Å²) in [5.41, 5.74) is 0. The monoisotopic (exact) mass is 526 g/mol. The van der Waals surface area contributed by atoms with Crippen LogP contribution in [-0.2, 0) is 23.9 Å². The average Bonchev–Trinajstić information content (AvgIpc) is 2.92. The summed E-state index contributed by atoms with van der Waals surface area (Å²) in [7, 11) is 1.24. The van der Waals surface area contributed by atoms with Crippen LogP contribution >= 0.6 is 0 Å². The molecule has 7 nitrogen and oxygen atoms in total. The highest BCUT2D eigenvalue weighted by atomic mass is 16.5. The number of methoxy groups -OCH3 is 1. The fraction of sp³-hybridized carbons (Fsp3) is 0.452. The number of hydrogen-bond acceptors (Lipinski definition) is 5. The minimum absolute atomic E-state index is 0.0191. The standard InChI is InChI=1S/C31H46N2O5/c1-3-4-5-6-7-8-9-10-11-12-13-14-15-16-17-18-19-20-21-22-29(34)32-25-27-38-28-26-33-30(35)23-24-31(36)37-2/h4-5,7-8,10-11,13-14,16-17,19-20,23-24H,3,6,9,12,15,18,21-22,25-28H2,1-2H3,(H,32,34)(H,33,35). The van der Waals surface area contributed by atoms with E-state index in [1.54, 1.807) is 0 Å². The first-order chi connectivity index (χ1) is 18.6. The third kappa shape index (κ3) is 27.1. The van der Waals surface area contributed by atoms with Crippen molar-refractivity contribution in [3.05, 3.63) is 85.1 Å². The number of hydrogen-bond donors (Lipinski definition) is 2. The molecule has 0 bridgehead atoms. The molecule has 0 heterocycles. The molecule has 0 aromatic rings. The van der Waals surface area contributed by atoms with E-state index in [2.05, 4.69) is 89.1 Å². The van der Waals surface area contributed by atoms with Gasteiger partial charge in [0, 0.05) is 31.7 Å². The number of carbonyl (C=O) groups excluding carboxylic acids is 3. The first kappa shape index (κ1) is 34.6. The summed E-state index contributed by atoms with van der Waals surface area (Å²) < 4.78 is 9.74. The first-order valence-electron chi connectivity index (χ1n) is 13.4. The van der Waals surface area contributed by atoms with Crippen molar-refractivity contribution in [3.8, 4) is 0 Å². The van der Waals surface area contributed by atoms with E-state index in [-0.39, 0.29) is 5.91 Å². The van der Waals surface area contributed by atoms with Gasteiger partial charge < -0.3 is 20.1 Å². The van der Waals surface area contributed by atoms with E-state index in [1.165, 1.54) is 7.11 Å². The van der Waals surface area contributed by atoms with E-state index in [0.29, 0.717) is 39.1 Å². The minimum atomic E-state index is -0.590. The molecule has 0 saturated heterocycles. The maximum atomic E-state index is 11.8. The van der Waals surface area contributed by atoms with Crippen molar-refractivity contribution in [2.45, 2.75) is 58.3 Å². The van der Waals surface area contributed by atoms with Crippen molar-refractivity contribution in [2.75, 3.05) is 33.4 Å². The lowest BCUT2D eigenvalue weighted by atomic mass is 10.2. The predicted molar refractivity (Wildman–Crippen MR) is 155 cm³/mol. The number of carbonyl (C=O) groups is 3. The number of nitrogens with one attached hydrogen (secondary N) is 2. The number of allylic oxidation sites excluding steroid dienone is 12. The van der Waals surface area contributed by atoms with Gasteiger partial charge in [-0.2, -0.15) is 0 Å². The highest BCUT2D eigenvalue weighted by Gasteiger charge is 1.99. The van der Waals surface area contributed by atoms with Gasteiger partial charge in [0.1, 0.15) is 0 Å². The van der Waals surface area contributed by atoms with E-state index in [4.69, 9.17) is 4.74 Å². The van der Waals surface area contributed by atoms with Gasteiger partial charge in [0.05, 0.1) is 20.3 Å². The van der Waals surface area contributed by atoms with Crippen LogP contribution in [0.5, 0.6) is 0 Å². The van der Waals surface area contributed by atoms with Crippen LogP contribution in [0.15, 0.2) is 85.1 Å². The molecule has 210 valence electrons. The van der Waals surface area contributed by atoms with Gasteiger partial charge in [-0.15, -0.1) is 0 Å². The number of rotatable bonds is 22. The maximum Gasteiger partial charge on any atom is 0.330 e. The second-order valence-corrected chi connectivity index (χ2v) is 8.06. The van der Waals surface area contributed by atoms with Gasteiger partial charge in [-0.3, -0.25) is 9.59 Å². The van der Waals surface area contributed by atoms with Gasteiger partial charge in [0.2, 0.25) is 11.8 Å². The Morgan fingerprint density at radius 2 is 1.11 bits per heavy atom. The highest BCUT2D eigenvalue weighted by molar-refractivity contribution is 5.94. The van der Waals surface area contributed by atoms with E-state index >= 15 is 0 Å². The Morgan fingerprint density at radius 3 is 1.61 bits per heavy atom. The zero-order chi connectivity index (χ0) is 27.9. The van der Waals surface area contributed by atoms with E-state index in [1.807, 2.05) is 6.08 Å². The van der Waals surface area contributed by atoms with Crippen LogP contribution in [0.4, 0.5) is 0 Å². The van der Waals surface area contributed by atoms with Crippen molar-refractivity contribution in [1.82, 2.24) is 10.6 Å². The zero-order valence-electron chi connectivity index (χ0n) is 23.1. The van der Waals surface area contributed by atoms with Crippen LogP contribution in [0.1, 0.15) is 58.3 Å². The van der Waals surface area contributed by atoms with Crippen molar-refractivity contribution in [2.24, 2.45) is 0 Å². The third-order valence-electron chi connectivity index (χ3n) is 4.82. The zero-order valence-corrected chi connectivity index (χ0v) is 23.1. The molecule has 0 aliphatic heterocycles. The average molecular weight is 527 g/mol. The van der Waals surface area contributed by atoms with Crippen LogP contribution in [-0.4, -0.2) is 51.2 Å². The summed E-state index contributed by atoms with van der Waals surface area (Å²) in [5.74, 6) is -1.01. The van der Waals surface area contributed by atoms with Crippen LogP contribution in [0.3, 0.4) is 0 Å². The second kappa shape index (κ2) is 28.1. The Morgan fingerprint density at radius 1 is 0.632 bits per heavy atom. The Kier molecular flexibility index (Phi) is 25.6. The molecule has 0 unspecified atom stereocenters. The molecule has 0 aliphatic carbocycles. The van der Waals surface area contributed by atoms with Crippen molar-refractivity contribution in [1.29, 1.82) is 0 Å². The molecular formula is C31H46N2O5. The molecule has 0 aliphatic rings. The Bertz CT molecular complexity index is 835. The topological polar surface area (TPSA) is 93.7 Å². The summed E-state index contributed by atoms with van der Waals surface area (Å²) in [6, 6.07) is 0. The summed E-state index contributed by atoms with van der Waals surface area (Å²) in [4.78, 5) is 34.1. The van der Waals surface area contributed by atoms with Crippen LogP contribution in [0.25, 0.3) is 0 Å². The molecule has 0 spiro atoms. The van der Waals surface area contributed by atoms with Crippen molar-refractivity contribution < 1.29 is 23.9 Å². The molecule has 0 saturated carbocycles. The summed E-state index contributed by atoms with van der Waals surface area (Å²) in [5, 5.41) is 5.37. The molecule has 0 radical (unpaired) electrons. The summed E-state index contributed by atoms with van der Waals surface area (Å²) >= 11 is 0. The maximum absolute atomic E-state index is 11.8. The second-order valence-electron chi connectivity index (χ2n) is 8.06. The predicted octanol–water partition coefficient (Wildman–Crippen LogP) is 5.44. The summed E-state index contributed by atoms with van der Waals surface area (Å²) in [6.07, 6.45) is 35.0. The Balaban J connectivity index is 3.59. The molecular weight excluding hydrogens is 480 g/mol. The fourth-order valence-electron chi connectivity index (χ4n) is 2.82. The molecule has 0 rings (SSSR count). The first-order valence-corrected chi connectivity index (χ1v) is 13.4. The lowest BCUT2D eigenvalue weighted by Gasteiger charge is -2.06. The molecule has 2 amide bonds. The van der Waals surface area contributed by atoms with Crippen LogP contribution in [0, 0.1) is 0 Å². The van der Waals surface area contributed by atoms with Crippen molar-refractivity contribution in [3.63, 3.8) is 0 Å². The molecule has 0 atom stereocenters. The molecule has 0 aromatic heterocycles. The van der Waals surface area contributed by atoms with Crippen LogP contribution < -0.4 is 10.6 Å². The van der Waals surface area contributed by atoms with E-state index in [9.17, 15) is 14.4 Å². The summed E-state index contributed by atoms with van der Waals surface area (Å²) in [6.45, 7) is 3.54. The molecule has 7 heteroatoms. The molecule has 38 heavy (non-hydrogen) atoms. The van der Waals surface area contributed by atoms with Gasteiger partial charge in [-0.25, -0.2) is 4.79 Å². The smallest absolute Gasteiger partial charge is 0.330 e. The quantitative estimate of drug-likeness (QED) is 0.0848. The van der Waals surface area contributed by atoms with E-state index < -0.39 is 11.9 Å². The molecule has 0 fully saturated rings. The van der Waals surface area contributed by atoms with Gasteiger partial charge in [0.25, 0.3) is 0 Å². The van der Waals surface area contributed by atoms with Gasteiger partial charge in [0.15, 0.2) is 0 Å². The Labute approximate surface area is 229 Å². The number of ether oxygens (including phenoxy) is 2. The highest BCUT2D eigenvalue weighted by Crippen LogP contribution is 1.97. The largest absolute Gasteiger partial charge is 0.466 e. The molecule has 2 N–H and O–H groups in total. The van der Waals surface area contributed by atoms with E-state index in [0.717, 1.165) is 50.7 Å². The van der Waals surface area contributed by atoms with Gasteiger partial charge in [-0.1, -0.05) is 79.8 Å². The SMILES string of the molecule is CCC=CCC=CCC=CCC=CCC=CCC=CCCC(=O)NCCOCCNC(=O)C=CC(=O)OC. The normalized spacial score (nSPS) is 12.4. The van der Waals surface area contributed by atoms with Crippen molar-refractivity contribution >= 4 is 17.8 Å². The van der Waals surface area contributed by atoms with Gasteiger partial charge >= 0.3 is 5.97 Å². The lowest BCUT2D eigenvalue weighted by molar-refractivity contribution is -0.135. The molecule has 0 aromatic carbocycles. The fourth-order valence-corrected chi connectivity index (χ4v) is 2.82. The van der Waals surface area contributed by atoms with Crippen LogP contribution in [0.2, 0.25) is 0 Å². The van der Waals surface area contributed by atoms with Gasteiger partial charge in [-0.05, 0) is 44.9 Å². The third-order valence-corrected chi connectivity index (χ3v) is 4.82. The minimum Gasteiger partial charge on any atom is -0.466 e. The number of amides is 2. The lowest BCUT2D eigenvalue weighted by Crippen LogP contribution is -2.29. The number of esters is 1.